The molecule has 0 bridgehead atoms. The van der Waals surface area contributed by atoms with E-state index in [0.717, 1.165) is 17.8 Å². The highest BCUT2D eigenvalue weighted by Gasteiger charge is 2.19. The molecule has 0 aromatic heterocycles. The van der Waals surface area contributed by atoms with Crippen molar-refractivity contribution in [3.8, 4) is 0 Å². The fourth-order valence-electron chi connectivity index (χ4n) is 1.82. The van der Waals surface area contributed by atoms with Gasteiger partial charge in [-0.2, -0.15) is 0 Å². The highest BCUT2D eigenvalue weighted by molar-refractivity contribution is 5.94. The van der Waals surface area contributed by atoms with Crippen molar-refractivity contribution < 1.29 is 9.59 Å². The van der Waals surface area contributed by atoms with Crippen molar-refractivity contribution in [2.75, 3.05) is 31.5 Å². The predicted molar refractivity (Wildman–Crippen MR) is 69.3 cm³/mol. The highest BCUT2D eigenvalue weighted by Crippen LogP contribution is 2.08. The average molecular weight is 247 g/mol. The zero-order chi connectivity index (χ0) is 13.0. The smallest absolute Gasteiger partial charge is 0.243 e. The summed E-state index contributed by atoms with van der Waals surface area (Å²) in [6.07, 6.45) is 0. The first-order valence-corrected chi connectivity index (χ1v) is 6.00. The van der Waals surface area contributed by atoms with Gasteiger partial charge in [0.1, 0.15) is 0 Å². The number of carbonyl (C=O) groups excluding carboxylic acids is 2. The van der Waals surface area contributed by atoms with Crippen LogP contribution in [0.2, 0.25) is 0 Å². The van der Waals surface area contributed by atoms with Gasteiger partial charge in [-0.05, 0) is 19.1 Å². The van der Waals surface area contributed by atoms with E-state index in [4.69, 9.17) is 0 Å². The second-order valence-corrected chi connectivity index (χ2v) is 4.41. The van der Waals surface area contributed by atoms with Crippen LogP contribution in [0.5, 0.6) is 0 Å². The van der Waals surface area contributed by atoms with Gasteiger partial charge in [-0.1, -0.05) is 17.7 Å². The third-order valence-corrected chi connectivity index (χ3v) is 2.86. The molecule has 1 saturated heterocycles. The maximum Gasteiger partial charge on any atom is 0.243 e. The third kappa shape index (κ3) is 3.30. The van der Waals surface area contributed by atoms with E-state index in [1.165, 1.54) is 0 Å². The minimum Gasteiger partial charge on any atom is -0.331 e. The van der Waals surface area contributed by atoms with Crippen LogP contribution in [0, 0.1) is 6.92 Å². The van der Waals surface area contributed by atoms with Gasteiger partial charge in [0.05, 0.1) is 13.1 Å². The third-order valence-electron chi connectivity index (χ3n) is 2.86. The molecule has 5 nitrogen and oxygen atoms in total. The summed E-state index contributed by atoms with van der Waals surface area (Å²) in [7, 11) is 0. The van der Waals surface area contributed by atoms with Gasteiger partial charge in [-0.25, -0.2) is 0 Å². The molecule has 1 aromatic rings. The van der Waals surface area contributed by atoms with Crippen LogP contribution in [-0.2, 0) is 9.59 Å². The minimum absolute atomic E-state index is 0.0275. The Morgan fingerprint density at radius 3 is 2.78 bits per heavy atom. The van der Waals surface area contributed by atoms with Gasteiger partial charge in [0.15, 0.2) is 0 Å². The summed E-state index contributed by atoms with van der Waals surface area (Å²) in [4.78, 5) is 24.9. The Kier molecular flexibility index (Phi) is 3.94. The molecule has 0 unspecified atom stereocenters. The highest BCUT2D eigenvalue weighted by atomic mass is 16.2. The molecule has 2 amide bonds. The van der Waals surface area contributed by atoms with Crippen molar-refractivity contribution in [3.63, 3.8) is 0 Å². The van der Waals surface area contributed by atoms with Gasteiger partial charge in [-0.15, -0.1) is 0 Å². The first-order chi connectivity index (χ1) is 8.65. The van der Waals surface area contributed by atoms with Crippen molar-refractivity contribution in [1.82, 2.24) is 10.2 Å². The molecule has 0 saturated carbocycles. The number of anilines is 1. The fraction of sp³-hybridized carbons (Fsp3) is 0.385. The molecule has 1 aliphatic heterocycles. The number of piperazine rings is 1. The summed E-state index contributed by atoms with van der Waals surface area (Å²) in [5.41, 5.74) is 1.90. The monoisotopic (exact) mass is 247 g/mol. The van der Waals surface area contributed by atoms with Crippen LogP contribution >= 0.6 is 0 Å². The number of benzene rings is 1. The van der Waals surface area contributed by atoms with E-state index in [0.29, 0.717) is 13.1 Å². The molecule has 96 valence electrons. The molecule has 0 spiro atoms. The summed E-state index contributed by atoms with van der Waals surface area (Å²) < 4.78 is 0. The van der Waals surface area contributed by atoms with Crippen molar-refractivity contribution in [3.05, 3.63) is 29.8 Å². The molecule has 0 atom stereocenters. The first-order valence-electron chi connectivity index (χ1n) is 6.00. The topological polar surface area (TPSA) is 61.4 Å². The second kappa shape index (κ2) is 5.64. The number of amides is 2. The van der Waals surface area contributed by atoms with Crippen LogP contribution in [0.1, 0.15) is 5.56 Å². The van der Waals surface area contributed by atoms with E-state index in [1.54, 1.807) is 4.90 Å². The standard InChI is InChI=1S/C13H17N3O2/c1-10-2-4-11(5-3-10)15-12(17)9-16-7-6-14-8-13(16)18/h2-5,14H,6-9H2,1H3,(H,15,17). The van der Waals surface area contributed by atoms with Crippen molar-refractivity contribution in [1.29, 1.82) is 0 Å². The van der Waals surface area contributed by atoms with Gasteiger partial charge < -0.3 is 15.5 Å². The van der Waals surface area contributed by atoms with Crippen LogP contribution < -0.4 is 10.6 Å². The molecule has 18 heavy (non-hydrogen) atoms. The minimum atomic E-state index is -0.158. The number of carbonyl (C=O) groups is 2. The largest absolute Gasteiger partial charge is 0.331 e. The lowest BCUT2D eigenvalue weighted by Gasteiger charge is -2.26. The van der Waals surface area contributed by atoms with Gasteiger partial charge in [0, 0.05) is 18.8 Å². The van der Waals surface area contributed by atoms with Crippen LogP contribution in [0.3, 0.4) is 0 Å². The molecule has 2 rings (SSSR count). The van der Waals surface area contributed by atoms with E-state index in [2.05, 4.69) is 10.6 Å². The van der Waals surface area contributed by atoms with Crippen LogP contribution in [0.25, 0.3) is 0 Å². The van der Waals surface area contributed by atoms with E-state index in [9.17, 15) is 9.59 Å². The molecular weight excluding hydrogens is 230 g/mol. The van der Waals surface area contributed by atoms with Gasteiger partial charge in [-0.3, -0.25) is 9.59 Å². The Hall–Kier alpha value is -1.88. The van der Waals surface area contributed by atoms with Crippen molar-refractivity contribution >= 4 is 17.5 Å². The molecule has 1 aromatic carbocycles. The number of hydrogen-bond donors (Lipinski definition) is 2. The van der Waals surface area contributed by atoms with E-state index >= 15 is 0 Å². The number of aryl methyl sites for hydroxylation is 1. The molecular formula is C13H17N3O2. The molecule has 5 heteroatoms. The van der Waals surface area contributed by atoms with Gasteiger partial charge >= 0.3 is 0 Å². The Balaban J connectivity index is 1.88. The van der Waals surface area contributed by atoms with Crippen molar-refractivity contribution in [2.45, 2.75) is 6.92 Å². The summed E-state index contributed by atoms with van der Waals surface area (Å²) >= 11 is 0. The lowest BCUT2D eigenvalue weighted by atomic mass is 10.2. The zero-order valence-corrected chi connectivity index (χ0v) is 10.4. The number of hydrogen-bond acceptors (Lipinski definition) is 3. The second-order valence-electron chi connectivity index (χ2n) is 4.41. The van der Waals surface area contributed by atoms with Crippen LogP contribution in [0.15, 0.2) is 24.3 Å². The molecule has 1 heterocycles. The number of nitrogens with zero attached hydrogens (tertiary/aromatic N) is 1. The number of rotatable bonds is 3. The first kappa shape index (κ1) is 12.6. The average Bonchev–Trinajstić information content (AvgIpc) is 2.35. The zero-order valence-electron chi connectivity index (χ0n) is 10.4. The number of nitrogens with one attached hydrogen (secondary N) is 2. The lowest BCUT2D eigenvalue weighted by molar-refractivity contribution is -0.135. The summed E-state index contributed by atoms with van der Waals surface area (Å²) in [6.45, 7) is 3.75. The quantitative estimate of drug-likeness (QED) is 0.811. The van der Waals surface area contributed by atoms with Gasteiger partial charge in [0.25, 0.3) is 0 Å². The SMILES string of the molecule is Cc1ccc(NC(=O)CN2CCNCC2=O)cc1. The fourth-order valence-corrected chi connectivity index (χ4v) is 1.82. The Bertz CT molecular complexity index is 442. The van der Waals surface area contributed by atoms with Crippen LogP contribution in [0.4, 0.5) is 5.69 Å². The molecule has 1 aliphatic rings. The maximum absolute atomic E-state index is 11.8. The predicted octanol–water partition coefficient (Wildman–Crippen LogP) is 0.365. The molecule has 1 fully saturated rings. The summed E-state index contributed by atoms with van der Waals surface area (Å²) in [5, 5.41) is 5.75. The van der Waals surface area contributed by atoms with E-state index in [-0.39, 0.29) is 18.4 Å². The Morgan fingerprint density at radius 2 is 2.11 bits per heavy atom. The summed E-state index contributed by atoms with van der Waals surface area (Å²) in [5.74, 6) is -0.186. The summed E-state index contributed by atoms with van der Waals surface area (Å²) in [6, 6.07) is 7.58. The normalized spacial score (nSPS) is 15.6. The van der Waals surface area contributed by atoms with Gasteiger partial charge in [0.2, 0.25) is 11.8 Å². The lowest BCUT2D eigenvalue weighted by Crippen LogP contribution is -2.50. The molecule has 0 radical (unpaired) electrons. The Morgan fingerprint density at radius 1 is 1.39 bits per heavy atom. The molecule has 2 N–H and O–H groups in total. The maximum atomic E-state index is 11.8. The Labute approximate surface area is 106 Å². The molecule has 0 aliphatic carbocycles. The van der Waals surface area contributed by atoms with Crippen molar-refractivity contribution in [2.24, 2.45) is 0 Å². The van der Waals surface area contributed by atoms with E-state index < -0.39 is 0 Å². The van der Waals surface area contributed by atoms with E-state index in [1.807, 2.05) is 31.2 Å². The van der Waals surface area contributed by atoms with Crippen LogP contribution in [-0.4, -0.2) is 42.9 Å².